The number of para-hydroxylation sites is 1. The summed E-state index contributed by atoms with van der Waals surface area (Å²) in [5.41, 5.74) is 2.85. The average Bonchev–Trinajstić information content (AvgIpc) is 3.40. The summed E-state index contributed by atoms with van der Waals surface area (Å²) in [6.07, 6.45) is 6.33. The second-order valence-corrected chi connectivity index (χ2v) is 9.28. The Labute approximate surface area is 205 Å². The summed E-state index contributed by atoms with van der Waals surface area (Å²) < 4.78 is 0. The lowest BCUT2D eigenvalue weighted by molar-refractivity contribution is -0.111. The number of aromatic nitrogens is 2. The minimum atomic E-state index is -0.736. The molecular weight excluding hydrogens is 475 g/mol. The molecule has 1 aromatic heterocycles. The molecule has 1 amide bonds. The number of benzene rings is 2. The van der Waals surface area contributed by atoms with Gasteiger partial charge >= 0.3 is 0 Å². The number of nitrogens with zero attached hydrogens (tertiary/aromatic N) is 4. The van der Waals surface area contributed by atoms with E-state index in [1.165, 1.54) is 11.1 Å². The minimum Gasteiger partial charge on any atom is -0.341 e. The molecule has 2 atom stereocenters. The van der Waals surface area contributed by atoms with Gasteiger partial charge in [-0.2, -0.15) is 4.98 Å². The molecule has 3 aliphatic heterocycles. The van der Waals surface area contributed by atoms with E-state index in [1.807, 2.05) is 42.3 Å². The van der Waals surface area contributed by atoms with Crippen LogP contribution < -0.4 is 20.4 Å². The van der Waals surface area contributed by atoms with Crippen molar-refractivity contribution >= 4 is 58.5 Å². The molecule has 6 rings (SSSR count). The molecule has 10 heteroatoms. The Balaban J connectivity index is 1.30. The number of hydrogen-bond acceptors (Lipinski definition) is 7. The lowest BCUT2D eigenvalue weighted by Crippen LogP contribution is -2.46. The Kier molecular flexibility index (Phi) is 4.67. The Morgan fingerprint density at radius 1 is 1.24 bits per heavy atom. The first-order valence-corrected chi connectivity index (χ1v) is 11.3. The van der Waals surface area contributed by atoms with Crippen LogP contribution in [0.15, 0.2) is 54.7 Å². The molecule has 8 nitrogen and oxygen atoms in total. The molecule has 3 aromatic rings. The van der Waals surface area contributed by atoms with Gasteiger partial charge in [0.05, 0.1) is 28.4 Å². The monoisotopic (exact) mass is 492 g/mol. The van der Waals surface area contributed by atoms with E-state index >= 15 is 0 Å². The van der Waals surface area contributed by atoms with E-state index in [0.717, 1.165) is 23.1 Å². The number of halogens is 2. The first kappa shape index (κ1) is 21.1. The van der Waals surface area contributed by atoms with Crippen LogP contribution in [0.5, 0.6) is 0 Å². The Morgan fingerprint density at radius 2 is 2.03 bits per heavy atom. The van der Waals surface area contributed by atoms with Crippen LogP contribution in [0.2, 0.25) is 10.0 Å². The van der Waals surface area contributed by atoms with Crippen molar-refractivity contribution in [2.45, 2.75) is 11.6 Å². The van der Waals surface area contributed by atoms with Gasteiger partial charge < -0.3 is 15.0 Å². The molecular formula is C24H18Cl2N6O2. The van der Waals surface area contributed by atoms with Gasteiger partial charge in [0, 0.05) is 18.9 Å². The predicted octanol–water partition coefficient (Wildman–Crippen LogP) is 4.19. The van der Waals surface area contributed by atoms with Crippen LogP contribution in [0.1, 0.15) is 27.5 Å². The number of hydrogen-bond donors (Lipinski definition) is 2. The highest BCUT2D eigenvalue weighted by atomic mass is 35.5. The van der Waals surface area contributed by atoms with Gasteiger partial charge in [-0.15, -0.1) is 0 Å². The smallest absolute Gasteiger partial charge is 0.265 e. The summed E-state index contributed by atoms with van der Waals surface area (Å²) in [5.74, 6) is 0.589. The second kappa shape index (κ2) is 7.53. The lowest BCUT2D eigenvalue weighted by Gasteiger charge is -2.35. The van der Waals surface area contributed by atoms with Crippen molar-refractivity contribution in [3.63, 3.8) is 0 Å². The topological polar surface area (TPSA) is 90.5 Å². The van der Waals surface area contributed by atoms with Crippen LogP contribution >= 0.6 is 23.2 Å². The van der Waals surface area contributed by atoms with Crippen LogP contribution in [-0.2, 0) is 10.3 Å². The lowest BCUT2D eigenvalue weighted by atomic mass is 9.87. The van der Waals surface area contributed by atoms with Crippen molar-refractivity contribution in [3.05, 3.63) is 81.5 Å². The molecule has 2 bridgehead atoms. The highest BCUT2D eigenvalue weighted by Crippen LogP contribution is 2.44. The third-order valence-corrected chi connectivity index (χ3v) is 7.00. The molecule has 0 aliphatic carbocycles. The van der Waals surface area contributed by atoms with Crippen LogP contribution in [-0.4, -0.2) is 35.9 Å². The fourth-order valence-corrected chi connectivity index (χ4v) is 5.38. The summed E-state index contributed by atoms with van der Waals surface area (Å²) in [4.78, 5) is 37.2. The van der Waals surface area contributed by atoms with Crippen molar-refractivity contribution in [2.75, 3.05) is 28.8 Å². The first-order valence-electron chi connectivity index (χ1n) is 10.6. The fourth-order valence-electron chi connectivity index (χ4n) is 4.77. The number of carbonyl (C=O) groups is 2. The van der Waals surface area contributed by atoms with E-state index in [9.17, 15) is 9.59 Å². The van der Waals surface area contributed by atoms with Crippen LogP contribution in [0.4, 0.5) is 23.1 Å². The van der Waals surface area contributed by atoms with E-state index < -0.39 is 5.54 Å². The van der Waals surface area contributed by atoms with Crippen LogP contribution in [0, 0.1) is 0 Å². The molecule has 0 saturated heterocycles. The third kappa shape index (κ3) is 3.03. The maximum absolute atomic E-state index is 13.2. The minimum absolute atomic E-state index is 0.00206. The Morgan fingerprint density at radius 3 is 2.79 bits per heavy atom. The maximum atomic E-state index is 13.2. The highest BCUT2D eigenvalue weighted by molar-refractivity contribution is 6.40. The van der Waals surface area contributed by atoms with Gasteiger partial charge in [0.15, 0.2) is 0 Å². The van der Waals surface area contributed by atoms with Crippen molar-refractivity contribution in [1.29, 1.82) is 0 Å². The van der Waals surface area contributed by atoms with Gasteiger partial charge in [-0.25, -0.2) is 4.98 Å². The zero-order valence-electron chi connectivity index (χ0n) is 17.9. The normalized spacial score (nSPS) is 22.1. The molecule has 170 valence electrons. The van der Waals surface area contributed by atoms with Crippen molar-refractivity contribution in [2.24, 2.45) is 0 Å². The molecule has 0 spiro atoms. The number of nitrogens with one attached hydrogen (secondary N) is 2. The number of carbonyl (C=O) groups excluding carboxylic acids is 2. The van der Waals surface area contributed by atoms with Gasteiger partial charge in [-0.1, -0.05) is 47.5 Å². The van der Waals surface area contributed by atoms with Crippen molar-refractivity contribution in [1.82, 2.24) is 15.3 Å². The van der Waals surface area contributed by atoms with Gasteiger partial charge in [0.25, 0.3) is 5.91 Å². The molecule has 0 saturated carbocycles. The highest BCUT2D eigenvalue weighted by Gasteiger charge is 2.45. The SMILES string of the molecule is CN1CN(c2c(Cl)cccc2Cl)C(=O)c2cnc(Nc3ccc4c(c3)C3C=CC4(C=O)N3)nc21. The molecule has 4 heterocycles. The molecule has 2 unspecified atom stereocenters. The predicted molar refractivity (Wildman–Crippen MR) is 131 cm³/mol. The van der Waals surface area contributed by atoms with E-state index in [-0.39, 0.29) is 18.6 Å². The molecule has 0 fully saturated rings. The number of rotatable bonds is 4. The van der Waals surface area contributed by atoms with Crippen LogP contribution in [0.25, 0.3) is 0 Å². The van der Waals surface area contributed by atoms with E-state index in [0.29, 0.717) is 33.1 Å². The molecule has 0 radical (unpaired) electrons. The second-order valence-electron chi connectivity index (χ2n) is 8.47. The number of amides is 1. The summed E-state index contributed by atoms with van der Waals surface area (Å²) >= 11 is 12.7. The quantitative estimate of drug-likeness (QED) is 0.416. The molecule has 2 N–H and O–H groups in total. The van der Waals surface area contributed by atoms with Crippen molar-refractivity contribution in [3.8, 4) is 0 Å². The standard InChI is InChI=1S/C24H18Cl2N6O2/c1-31-12-32(20-17(25)3-2-4-18(20)26)22(34)15-10-27-23(29-21(15)31)28-13-5-6-16-14(9-13)19-7-8-24(16,11-33)30-19/h2-11,19,30H,12H2,1H3,(H,27,28,29). The summed E-state index contributed by atoms with van der Waals surface area (Å²) in [7, 11) is 1.84. The molecule has 2 aromatic carbocycles. The Hall–Kier alpha value is -3.46. The van der Waals surface area contributed by atoms with Crippen LogP contribution in [0.3, 0.4) is 0 Å². The number of aldehydes is 1. The Bertz CT molecular complexity index is 1390. The van der Waals surface area contributed by atoms with Crippen molar-refractivity contribution < 1.29 is 9.59 Å². The largest absolute Gasteiger partial charge is 0.341 e. The molecule has 3 aliphatic rings. The van der Waals surface area contributed by atoms with Gasteiger partial charge in [0.1, 0.15) is 23.2 Å². The summed E-state index contributed by atoms with van der Waals surface area (Å²) in [6, 6.07) is 10.9. The van der Waals surface area contributed by atoms with E-state index in [1.54, 1.807) is 18.2 Å². The van der Waals surface area contributed by atoms with Gasteiger partial charge in [-0.3, -0.25) is 15.0 Å². The van der Waals surface area contributed by atoms with E-state index in [2.05, 4.69) is 20.6 Å². The zero-order valence-corrected chi connectivity index (χ0v) is 19.4. The number of fused-ring (bicyclic) bond motifs is 6. The van der Waals surface area contributed by atoms with E-state index in [4.69, 9.17) is 23.2 Å². The fraction of sp³-hybridized carbons (Fsp3) is 0.167. The third-order valence-electron chi connectivity index (χ3n) is 6.39. The summed E-state index contributed by atoms with van der Waals surface area (Å²) in [5, 5.41) is 7.32. The zero-order chi connectivity index (χ0) is 23.6. The maximum Gasteiger partial charge on any atom is 0.265 e. The average molecular weight is 493 g/mol. The number of anilines is 4. The summed E-state index contributed by atoms with van der Waals surface area (Å²) in [6.45, 7) is 0.234. The molecule has 34 heavy (non-hydrogen) atoms. The first-order chi connectivity index (χ1) is 16.4. The van der Waals surface area contributed by atoms with Gasteiger partial charge in [-0.05, 0) is 35.4 Å². The van der Waals surface area contributed by atoms with Gasteiger partial charge in [0.2, 0.25) is 5.95 Å².